The quantitative estimate of drug-likeness (QED) is 0.675. The topological polar surface area (TPSA) is 72.0 Å². The standard InChI is InChI=1S/C11H8Cl3N3O2S/c1-20(18,19)8-9(13)16-11(14)17-10(8)15-7-5-3-2-4-6(7)12/h2-5H,1H3,(H,15,16,17). The minimum absolute atomic E-state index is 0.0226. The van der Waals surface area contributed by atoms with Crippen molar-refractivity contribution in [2.45, 2.75) is 4.90 Å². The highest BCUT2D eigenvalue weighted by atomic mass is 35.5. The molecule has 2 rings (SSSR count). The Labute approximate surface area is 130 Å². The van der Waals surface area contributed by atoms with E-state index in [0.29, 0.717) is 10.7 Å². The van der Waals surface area contributed by atoms with E-state index in [1.165, 1.54) is 0 Å². The van der Waals surface area contributed by atoms with Gasteiger partial charge in [0.05, 0.1) is 10.7 Å². The second kappa shape index (κ2) is 5.73. The van der Waals surface area contributed by atoms with Gasteiger partial charge in [-0.1, -0.05) is 35.3 Å². The molecule has 0 saturated heterocycles. The van der Waals surface area contributed by atoms with Crippen molar-refractivity contribution < 1.29 is 8.42 Å². The third kappa shape index (κ3) is 3.32. The van der Waals surface area contributed by atoms with Crippen LogP contribution >= 0.6 is 34.8 Å². The van der Waals surface area contributed by atoms with E-state index in [1.807, 2.05) is 0 Å². The lowest BCUT2D eigenvalue weighted by Gasteiger charge is -2.12. The molecule has 20 heavy (non-hydrogen) atoms. The zero-order valence-corrected chi connectivity index (χ0v) is 13.1. The van der Waals surface area contributed by atoms with Gasteiger partial charge in [-0.25, -0.2) is 13.4 Å². The first-order valence-corrected chi connectivity index (χ1v) is 8.26. The van der Waals surface area contributed by atoms with Crippen LogP contribution in [0.15, 0.2) is 29.2 Å². The van der Waals surface area contributed by atoms with E-state index < -0.39 is 9.84 Å². The third-order valence-electron chi connectivity index (χ3n) is 2.29. The largest absolute Gasteiger partial charge is 0.338 e. The van der Waals surface area contributed by atoms with Crippen molar-refractivity contribution in [3.8, 4) is 0 Å². The zero-order valence-electron chi connectivity index (χ0n) is 10.1. The summed E-state index contributed by atoms with van der Waals surface area (Å²) in [5, 5.41) is 2.78. The number of sulfone groups is 1. The molecule has 0 saturated carbocycles. The molecular weight excluding hydrogens is 345 g/mol. The molecule has 0 radical (unpaired) electrons. The van der Waals surface area contributed by atoms with Crippen LogP contribution < -0.4 is 5.32 Å². The summed E-state index contributed by atoms with van der Waals surface area (Å²) in [6.45, 7) is 0. The van der Waals surface area contributed by atoms with Gasteiger partial charge in [-0.15, -0.1) is 0 Å². The lowest BCUT2D eigenvalue weighted by Crippen LogP contribution is -2.07. The zero-order chi connectivity index (χ0) is 14.9. The number of halogens is 3. The molecular formula is C11H8Cl3N3O2S. The first-order chi connectivity index (χ1) is 9.29. The highest BCUT2D eigenvalue weighted by Crippen LogP contribution is 2.32. The maximum absolute atomic E-state index is 11.8. The molecule has 9 heteroatoms. The van der Waals surface area contributed by atoms with Crippen LogP contribution in [-0.4, -0.2) is 24.6 Å². The maximum atomic E-state index is 11.8. The summed E-state index contributed by atoms with van der Waals surface area (Å²) in [6, 6.07) is 6.79. The van der Waals surface area contributed by atoms with E-state index in [4.69, 9.17) is 34.8 Å². The van der Waals surface area contributed by atoms with E-state index in [1.54, 1.807) is 24.3 Å². The molecule has 106 valence electrons. The second-order valence-corrected chi connectivity index (χ2v) is 6.89. The molecule has 0 fully saturated rings. The van der Waals surface area contributed by atoms with Crippen molar-refractivity contribution in [3.05, 3.63) is 39.7 Å². The number of hydrogen-bond donors (Lipinski definition) is 1. The molecule has 0 aliphatic heterocycles. The molecule has 0 amide bonds. The Kier molecular flexibility index (Phi) is 4.39. The number of nitrogens with zero attached hydrogens (tertiary/aromatic N) is 2. The monoisotopic (exact) mass is 351 g/mol. The van der Waals surface area contributed by atoms with Crippen molar-refractivity contribution >= 4 is 56.1 Å². The van der Waals surface area contributed by atoms with E-state index in [9.17, 15) is 8.42 Å². The highest BCUT2D eigenvalue weighted by molar-refractivity contribution is 7.91. The van der Waals surface area contributed by atoms with Gasteiger partial charge in [0.15, 0.2) is 20.8 Å². The fourth-order valence-corrected chi connectivity index (χ4v) is 3.29. The van der Waals surface area contributed by atoms with Crippen LogP contribution in [0.2, 0.25) is 15.5 Å². The molecule has 0 unspecified atom stereocenters. The molecule has 0 bridgehead atoms. The van der Waals surface area contributed by atoms with Crippen LogP contribution in [-0.2, 0) is 9.84 Å². The van der Waals surface area contributed by atoms with Crippen LogP contribution in [0.3, 0.4) is 0 Å². The molecule has 1 aromatic carbocycles. The van der Waals surface area contributed by atoms with E-state index in [0.717, 1.165) is 6.26 Å². The molecule has 5 nitrogen and oxygen atoms in total. The Hall–Kier alpha value is -1.08. The summed E-state index contributed by atoms with van der Waals surface area (Å²) in [5.74, 6) is -0.0226. The normalized spacial score (nSPS) is 11.4. The molecule has 1 N–H and O–H groups in total. The predicted octanol–water partition coefficient (Wildman–Crippen LogP) is 3.58. The Morgan fingerprint density at radius 1 is 1.10 bits per heavy atom. The summed E-state index contributed by atoms with van der Waals surface area (Å²) in [6.07, 6.45) is 1.00. The molecule has 0 aliphatic rings. The van der Waals surface area contributed by atoms with Crippen LogP contribution in [0.4, 0.5) is 11.5 Å². The van der Waals surface area contributed by atoms with Crippen molar-refractivity contribution in [3.63, 3.8) is 0 Å². The van der Waals surface area contributed by atoms with Crippen molar-refractivity contribution in [1.82, 2.24) is 9.97 Å². The number of aromatic nitrogens is 2. The van der Waals surface area contributed by atoms with Crippen LogP contribution in [0, 0.1) is 0 Å². The van der Waals surface area contributed by atoms with Crippen molar-refractivity contribution in [2.75, 3.05) is 11.6 Å². The number of hydrogen-bond acceptors (Lipinski definition) is 5. The van der Waals surface area contributed by atoms with Gasteiger partial charge < -0.3 is 5.32 Å². The van der Waals surface area contributed by atoms with Crippen LogP contribution in [0.1, 0.15) is 0 Å². The van der Waals surface area contributed by atoms with Gasteiger partial charge in [0.1, 0.15) is 4.90 Å². The van der Waals surface area contributed by atoms with Gasteiger partial charge in [0.2, 0.25) is 5.28 Å². The number of nitrogens with one attached hydrogen (secondary N) is 1. The van der Waals surface area contributed by atoms with Gasteiger partial charge >= 0.3 is 0 Å². The Morgan fingerprint density at radius 2 is 1.75 bits per heavy atom. The Morgan fingerprint density at radius 3 is 2.35 bits per heavy atom. The van der Waals surface area contributed by atoms with Gasteiger partial charge in [-0.2, -0.15) is 4.98 Å². The fraction of sp³-hybridized carbons (Fsp3) is 0.0909. The summed E-state index contributed by atoms with van der Waals surface area (Å²) in [5.41, 5.74) is 0.477. The first kappa shape index (κ1) is 15.3. The SMILES string of the molecule is CS(=O)(=O)c1c(Cl)nc(Cl)nc1Nc1ccccc1Cl. The van der Waals surface area contributed by atoms with Crippen molar-refractivity contribution in [2.24, 2.45) is 0 Å². The van der Waals surface area contributed by atoms with Gasteiger partial charge in [-0.05, 0) is 23.7 Å². The summed E-state index contributed by atoms with van der Waals surface area (Å²) >= 11 is 17.5. The highest BCUT2D eigenvalue weighted by Gasteiger charge is 2.22. The summed E-state index contributed by atoms with van der Waals surface area (Å²) in [4.78, 5) is 7.26. The maximum Gasteiger partial charge on any atom is 0.225 e. The second-order valence-electron chi connectivity index (χ2n) is 3.84. The van der Waals surface area contributed by atoms with Crippen LogP contribution in [0.5, 0.6) is 0 Å². The summed E-state index contributed by atoms with van der Waals surface area (Å²) < 4.78 is 23.6. The smallest absolute Gasteiger partial charge is 0.225 e. The van der Waals surface area contributed by atoms with Crippen molar-refractivity contribution in [1.29, 1.82) is 0 Å². The van der Waals surface area contributed by atoms with Gasteiger partial charge in [0, 0.05) is 6.26 Å². The lowest BCUT2D eigenvalue weighted by atomic mass is 10.3. The number of benzene rings is 1. The minimum Gasteiger partial charge on any atom is -0.338 e. The summed E-state index contributed by atoms with van der Waals surface area (Å²) in [7, 11) is -3.64. The third-order valence-corrected chi connectivity index (χ3v) is 4.31. The lowest BCUT2D eigenvalue weighted by molar-refractivity contribution is 0.601. The minimum atomic E-state index is -3.64. The Balaban J connectivity index is 2.60. The number of para-hydroxylation sites is 1. The average molecular weight is 353 g/mol. The molecule has 0 aliphatic carbocycles. The van der Waals surface area contributed by atoms with E-state index in [-0.39, 0.29) is 21.2 Å². The number of rotatable bonds is 3. The van der Waals surface area contributed by atoms with Gasteiger partial charge in [-0.3, -0.25) is 0 Å². The van der Waals surface area contributed by atoms with E-state index in [2.05, 4.69) is 15.3 Å². The molecule has 1 heterocycles. The molecule has 0 atom stereocenters. The predicted molar refractivity (Wildman–Crippen MR) is 79.9 cm³/mol. The molecule has 0 spiro atoms. The molecule has 1 aromatic heterocycles. The van der Waals surface area contributed by atoms with E-state index >= 15 is 0 Å². The average Bonchev–Trinajstić information content (AvgIpc) is 2.29. The molecule has 2 aromatic rings. The van der Waals surface area contributed by atoms with Crippen LogP contribution in [0.25, 0.3) is 0 Å². The number of anilines is 2. The van der Waals surface area contributed by atoms with Gasteiger partial charge in [0.25, 0.3) is 0 Å². The Bertz CT molecular complexity index is 766. The first-order valence-electron chi connectivity index (χ1n) is 5.23. The fourth-order valence-electron chi connectivity index (χ4n) is 1.50.